The standard InChI is InChI=1S/C15H17FN2O3S/c1-9(14(17)19)7-18-8-21-10(2)13(15(18)20)22-12-5-3-4-11(16)6-12/h3-6,9H,7-8H2,1-2H3,(H2,17,19). The first-order valence-electron chi connectivity index (χ1n) is 6.74. The van der Waals surface area contributed by atoms with E-state index in [1.807, 2.05) is 0 Å². The molecule has 0 aromatic heterocycles. The van der Waals surface area contributed by atoms with Crippen LogP contribution >= 0.6 is 11.8 Å². The summed E-state index contributed by atoms with van der Waals surface area (Å²) in [7, 11) is 0. The molecule has 2 rings (SSSR count). The van der Waals surface area contributed by atoms with E-state index in [-0.39, 0.29) is 25.0 Å². The fourth-order valence-corrected chi connectivity index (χ4v) is 2.89. The Morgan fingerprint density at radius 3 is 2.91 bits per heavy atom. The van der Waals surface area contributed by atoms with Crippen LogP contribution in [0, 0.1) is 11.7 Å². The molecule has 0 spiro atoms. The third-order valence-corrected chi connectivity index (χ3v) is 4.39. The molecule has 1 aliphatic rings. The fraction of sp³-hybridized carbons (Fsp3) is 0.333. The SMILES string of the molecule is CC1=C(Sc2cccc(F)c2)C(=O)N(CC(C)C(N)=O)CO1. The molecule has 0 fully saturated rings. The number of primary amides is 1. The molecule has 0 saturated carbocycles. The number of carbonyl (C=O) groups is 2. The Hall–Kier alpha value is -2.02. The quantitative estimate of drug-likeness (QED) is 0.900. The molecular weight excluding hydrogens is 307 g/mol. The van der Waals surface area contributed by atoms with E-state index in [1.54, 1.807) is 26.0 Å². The number of rotatable bonds is 5. The summed E-state index contributed by atoms with van der Waals surface area (Å²) in [6, 6.07) is 5.98. The van der Waals surface area contributed by atoms with E-state index in [2.05, 4.69) is 0 Å². The maximum absolute atomic E-state index is 13.2. The van der Waals surface area contributed by atoms with Gasteiger partial charge in [-0.25, -0.2) is 4.39 Å². The van der Waals surface area contributed by atoms with E-state index >= 15 is 0 Å². The number of allylic oxidation sites excluding steroid dienone is 1. The van der Waals surface area contributed by atoms with Crippen molar-refractivity contribution in [3.05, 3.63) is 40.7 Å². The number of benzene rings is 1. The number of amides is 2. The fourth-order valence-electron chi connectivity index (χ4n) is 1.91. The minimum Gasteiger partial charge on any atom is -0.476 e. The van der Waals surface area contributed by atoms with Gasteiger partial charge in [-0.1, -0.05) is 24.8 Å². The maximum atomic E-state index is 13.2. The summed E-state index contributed by atoms with van der Waals surface area (Å²) in [5.41, 5.74) is 5.22. The molecule has 22 heavy (non-hydrogen) atoms. The highest BCUT2D eigenvalue weighted by Gasteiger charge is 2.29. The van der Waals surface area contributed by atoms with E-state index in [9.17, 15) is 14.0 Å². The number of nitrogens with zero attached hydrogens (tertiary/aromatic N) is 1. The zero-order valence-electron chi connectivity index (χ0n) is 12.3. The van der Waals surface area contributed by atoms with Gasteiger partial charge in [0.1, 0.15) is 16.5 Å². The highest BCUT2D eigenvalue weighted by atomic mass is 32.2. The van der Waals surface area contributed by atoms with Crippen LogP contribution in [-0.2, 0) is 14.3 Å². The van der Waals surface area contributed by atoms with Crippen LogP contribution in [-0.4, -0.2) is 30.0 Å². The van der Waals surface area contributed by atoms with Gasteiger partial charge in [0.25, 0.3) is 5.91 Å². The third kappa shape index (κ3) is 3.79. The second-order valence-corrected chi connectivity index (χ2v) is 6.13. The second kappa shape index (κ2) is 6.83. The molecule has 1 atom stereocenters. The largest absolute Gasteiger partial charge is 0.476 e. The lowest BCUT2D eigenvalue weighted by Gasteiger charge is -2.30. The third-order valence-electron chi connectivity index (χ3n) is 3.23. The molecule has 2 amide bonds. The molecule has 1 aliphatic heterocycles. The van der Waals surface area contributed by atoms with E-state index < -0.39 is 11.8 Å². The Morgan fingerprint density at radius 2 is 2.27 bits per heavy atom. The summed E-state index contributed by atoms with van der Waals surface area (Å²) in [5.74, 6) is -1.07. The molecule has 0 bridgehead atoms. The Morgan fingerprint density at radius 1 is 1.55 bits per heavy atom. The van der Waals surface area contributed by atoms with Crippen LogP contribution in [0.5, 0.6) is 0 Å². The number of ether oxygens (including phenoxy) is 1. The average Bonchev–Trinajstić information content (AvgIpc) is 2.46. The molecule has 1 aromatic rings. The van der Waals surface area contributed by atoms with Crippen LogP contribution < -0.4 is 5.73 Å². The van der Waals surface area contributed by atoms with Crippen molar-refractivity contribution in [1.82, 2.24) is 4.90 Å². The molecule has 0 saturated heterocycles. The zero-order chi connectivity index (χ0) is 16.3. The van der Waals surface area contributed by atoms with Crippen LogP contribution in [0.3, 0.4) is 0 Å². The van der Waals surface area contributed by atoms with Gasteiger partial charge in [0, 0.05) is 11.4 Å². The normalized spacial score (nSPS) is 16.5. The van der Waals surface area contributed by atoms with Gasteiger partial charge in [0.05, 0.1) is 5.92 Å². The van der Waals surface area contributed by atoms with Crippen LogP contribution in [0.2, 0.25) is 0 Å². The van der Waals surface area contributed by atoms with E-state index in [1.165, 1.54) is 17.0 Å². The van der Waals surface area contributed by atoms with Crippen molar-refractivity contribution in [2.24, 2.45) is 11.7 Å². The molecule has 5 nitrogen and oxygen atoms in total. The first-order valence-corrected chi connectivity index (χ1v) is 7.56. The maximum Gasteiger partial charge on any atom is 0.266 e. The lowest BCUT2D eigenvalue weighted by Crippen LogP contribution is -2.42. The smallest absolute Gasteiger partial charge is 0.266 e. The minimum atomic E-state index is -0.474. The van der Waals surface area contributed by atoms with Gasteiger partial charge < -0.3 is 15.4 Å². The van der Waals surface area contributed by atoms with E-state index in [4.69, 9.17) is 10.5 Å². The molecule has 7 heteroatoms. The summed E-state index contributed by atoms with van der Waals surface area (Å²) in [6.45, 7) is 3.61. The number of hydrogen-bond acceptors (Lipinski definition) is 4. The first-order chi connectivity index (χ1) is 10.4. The summed E-state index contributed by atoms with van der Waals surface area (Å²) in [4.78, 5) is 26.1. The van der Waals surface area contributed by atoms with Gasteiger partial charge in [0.15, 0.2) is 6.73 Å². The molecule has 1 heterocycles. The highest BCUT2D eigenvalue weighted by Crippen LogP contribution is 2.33. The van der Waals surface area contributed by atoms with Gasteiger partial charge in [-0.05, 0) is 25.1 Å². The molecule has 1 aromatic carbocycles. The van der Waals surface area contributed by atoms with Crippen molar-refractivity contribution in [1.29, 1.82) is 0 Å². The van der Waals surface area contributed by atoms with Crippen LogP contribution in [0.1, 0.15) is 13.8 Å². The van der Waals surface area contributed by atoms with Gasteiger partial charge in [-0.2, -0.15) is 0 Å². The molecule has 0 aliphatic carbocycles. The van der Waals surface area contributed by atoms with Gasteiger partial charge in [-0.15, -0.1) is 0 Å². The lowest BCUT2D eigenvalue weighted by atomic mass is 10.1. The van der Waals surface area contributed by atoms with E-state index in [0.717, 1.165) is 11.8 Å². The molecule has 118 valence electrons. The van der Waals surface area contributed by atoms with Gasteiger partial charge in [-0.3, -0.25) is 9.59 Å². The number of nitrogens with two attached hydrogens (primary N) is 1. The second-order valence-electron chi connectivity index (χ2n) is 5.05. The molecule has 2 N–H and O–H groups in total. The van der Waals surface area contributed by atoms with Crippen LogP contribution in [0.4, 0.5) is 4.39 Å². The monoisotopic (exact) mass is 324 g/mol. The average molecular weight is 324 g/mol. The summed E-state index contributed by atoms with van der Waals surface area (Å²) >= 11 is 1.14. The summed E-state index contributed by atoms with van der Waals surface area (Å²) in [5, 5.41) is 0. The predicted molar refractivity (Wildman–Crippen MR) is 81.0 cm³/mol. The topological polar surface area (TPSA) is 72.6 Å². The number of hydrogen-bond donors (Lipinski definition) is 1. The van der Waals surface area contributed by atoms with Gasteiger partial charge >= 0.3 is 0 Å². The van der Waals surface area contributed by atoms with Crippen LogP contribution in [0.25, 0.3) is 0 Å². The number of thioether (sulfide) groups is 1. The van der Waals surface area contributed by atoms with Crippen molar-refractivity contribution in [3.8, 4) is 0 Å². The Bertz CT molecular complexity index is 633. The summed E-state index contributed by atoms with van der Waals surface area (Å²) < 4.78 is 18.7. The van der Waals surface area contributed by atoms with Gasteiger partial charge in [0.2, 0.25) is 5.91 Å². The summed E-state index contributed by atoms with van der Waals surface area (Å²) in [6.07, 6.45) is 0. The number of halogens is 1. The highest BCUT2D eigenvalue weighted by molar-refractivity contribution is 8.04. The number of carbonyl (C=O) groups excluding carboxylic acids is 2. The van der Waals surface area contributed by atoms with Crippen LogP contribution in [0.15, 0.2) is 39.8 Å². The van der Waals surface area contributed by atoms with Crippen molar-refractivity contribution >= 4 is 23.6 Å². The predicted octanol–water partition coefficient (Wildman–Crippen LogP) is 2.09. The minimum absolute atomic E-state index is 0.0789. The molecule has 1 unspecified atom stereocenters. The molecule has 0 radical (unpaired) electrons. The zero-order valence-corrected chi connectivity index (χ0v) is 13.2. The Balaban J connectivity index is 2.15. The van der Waals surface area contributed by atoms with Crippen molar-refractivity contribution in [3.63, 3.8) is 0 Å². The molecular formula is C15H17FN2O3S. The van der Waals surface area contributed by atoms with Crippen molar-refractivity contribution in [2.75, 3.05) is 13.3 Å². The van der Waals surface area contributed by atoms with Crippen molar-refractivity contribution < 1.29 is 18.7 Å². The first kappa shape index (κ1) is 16.4. The van der Waals surface area contributed by atoms with Crippen molar-refractivity contribution in [2.45, 2.75) is 18.7 Å². The van der Waals surface area contributed by atoms with E-state index in [0.29, 0.717) is 15.6 Å². The lowest BCUT2D eigenvalue weighted by molar-refractivity contribution is -0.135. The Kier molecular flexibility index (Phi) is 5.07. The Labute approximate surface area is 132 Å².